The summed E-state index contributed by atoms with van der Waals surface area (Å²) >= 11 is 0. The lowest BCUT2D eigenvalue weighted by molar-refractivity contribution is -0.113. The van der Waals surface area contributed by atoms with Gasteiger partial charge in [-0.3, -0.25) is 4.79 Å². The van der Waals surface area contributed by atoms with Crippen LogP contribution in [0.4, 0.5) is 19.3 Å². The summed E-state index contributed by atoms with van der Waals surface area (Å²) in [4.78, 5) is 24.9. The van der Waals surface area contributed by atoms with Crippen LogP contribution in [-0.2, 0) is 4.79 Å². The van der Waals surface area contributed by atoms with Gasteiger partial charge in [0.2, 0.25) is 0 Å². The molecule has 3 amide bonds. The first-order valence-corrected chi connectivity index (χ1v) is 8.80. The van der Waals surface area contributed by atoms with Crippen LogP contribution < -0.4 is 20.7 Å². The number of nitrogens with one attached hydrogen (secondary N) is 3. The molecule has 2 aromatic rings. The third-order valence-corrected chi connectivity index (χ3v) is 4.31. The molecule has 1 unspecified atom stereocenters. The minimum Gasteiger partial charge on any atom is -0.504 e. The summed E-state index contributed by atoms with van der Waals surface area (Å²) in [7, 11) is 0. The molecule has 0 spiro atoms. The SMILES string of the molecule is CCOc1cc(C2NC(=O)NC(C)=C2C(=O)Nc2ccc(F)c(F)c2)ccc1O. The van der Waals surface area contributed by atoms with Crippen LogP contribution in [-0.4, -0.2) is 23.7 Å². The van der Waals surface area contributed by atoms with Gasteiger partial charge in [0, 0.05) is 17.5 Å². The molecule has 0 radical (unpaired) electrons. The summed E-state index contributed by atoms with van der Waals surface area (Å²) < 4.78 is 31.9. The molecule has 7 nitrogen and oxygen atoms in total. The van der Waals surface area contributed by atoms with Crippen LogP contribution in [0.2, 0.25) is 0 Å². The van der Waals surface area contributed by atoms with E-state index in [9.17, 15) is 23.5 Å². The zero-order valence-corrected chi connectivity index (χ0v) is 15.7. The van der Waals surface area contributed by atoms with Crippen LogP contribution in [0, 0.1) is 11.6 Å². The van der Waals surface area contributed by atoms with E-state index in [4.69, 9.17) is 4.74 Å². The molecule has 29 heavy (non-hydrogen) atoms. The average molecular weight is 403 g/mol. The highest BCUT2D eigenvalue weighted by Crippen LogP contribution is 2.34. The maximum atomic E-state index is 13.5. The van der Waals surface area contributed by atoms with Crippen LogP contribution in [0.3, 0.4) is 0 Å². The molecule has 0 aliphatic carbocycles. The molecule has 0 saturated carbocycles. The van der Waals surface area contributed by atoms with Gasteiger partial charge in [0.1, 0.15) is 0 Å². The summed E-state index contributed by atoms with van der Waals surface area (Å²) in [6.45, 7) is 3.62. The Kier molecular flexibility index (Phi) is 5.67. The molecule has 2 aromatic carbocycles. The first-order valence-electron chi connectivity index (χ1n) is 8.80. The molecule has 1 aliphatic heterocycles. The Balaban J connectivity index is 1.96. The smallest absolute Gasteiger partial charge is 0.319 e. The molecular weight excluding hydrogens is 384 g/mol. The van der Waals surface area contributed by atoms with Crippen molar-refractivity contribution in [2.75, 3.05) is 11.9 Å². The lowest BCUT2D eigenvalue weighted by atomic mass is 9.94. The highest BCUT2D eigenvalue weighted by atomic mass is 19.2. The molecule has 3 rings (SSSR count). The summed E-state index contributed by atoms with van der Waals surface area (Å²) in [6.07, 6.45) is 0. The van der Waals surface area contributed by atoms with E-state index in [0.29, 0.717) is 17.9 Å². The van der Waals surface area contributed by atoms with Crippen molar-refractivity contribution in [3.05, 3.63) is 64.9 Å². The Labute approximate surface area is 165 Å². The number of urea groups is 1. The average Bonchev–Trinajstić information content (AvgIpc) is 2.66. The van der Waals surface area contributed by atoms with Crippen molar-refractivity contribution in [3.63, 3.8) is 0 Å². The summed E-state index contributed by atoms with van der Waals surface area (Å²) in [6, 6.07) is 6.09. The summed E-state index contributed by atoms with van der Waals surface area (Å²) in [5, 5.41) is 17.6. The molecule has 0 aromatic heterocycles. The minimum absolute atomic E-state index is 0.0607. The first kappa shape index (κ1) is 20.1. The molecule has 0 fully saturated rings. The van der Waals surface area contributed by atoms with E-state index in [1.54, 1.807) is 19.9 Å². The predicted molar refractivity (Wildman–Crippen MR) is 101 cm³/mol. The summed E-state index contributed by atoms with van der Waals surface area (Å²) in [5.74, 6) is -2.62. The standard InChI is InChI=1S/C20H19F2N3O4/c1-3-29-16-8-11(4-7-15(16)26)18-17(10(2)23-20(28)25-18)19(27)24-12-5-6-13(21)14(22)9-12/h4-9,18,26H,3H2,1-2H3,(H,24,27)(H2,23,25,28). The van der Waals surface area contributed by atoms with E-state index in [1.165, 1.54) is 18.2 Å². The number of hydrogen-bond donors (Lipinski definition) is 4. The Hall–Kier alpha value is -3.62. The zero-order valence-electron chi connectivity index (χ0n) is 15.7. The number of ether oxygens (including phenoxy) is 1. The number of anilines is 1. The molecule has 9 heteroatoms. The number of phenolic OH excluding ortho intramolecular Hbond substituents is 1. The monoisotopic (exact) mass is 403 g/mol. The van der Waals surface area contributed by atoms with Crippen molar-refractivity contribution < 1.29 is 28.2 Å². The van der Waals surface area contributed by atoms with Crippen molar-refractivity contribution in [2.45, 2.75) is 19.9 Å². The maximum absolute atomic E-state index is 13.5. The fourth-order valence-electron chi connectivity index (χ4n) is 3.00. The van der Waals surface area contributed by atoms with Crippen LogP contribution in [0.1, 0.15) is 25.5 Å². The highest BCUT2D eigenvalue weighted by Gasteiger charge is 2.31. The maximum Gasteiger partial charge on any atom is 0.319 e. The fourth-order valence-corrected chi connectivity index (χ4v) is 3.00. The van der Waals surface area contributed by atoms with Gasteiger partial charge in [0.25, 0.3) is 5.91 Å². The number of rotatable bonds is 5. The number of phenols is 1. The van der Waals surface area contributed by atoms with E-state index >= 15 is 0 Å². The van der Waals surface area contributed by atoms with Crippen LogP contribution in [0.5, 0.6) is 11.5 Å². The number of hydrogen-bond acceptors (Lipinski definition) is 4. The molecule has 4 N–H and O–H groups in total. The molecule has 0 saturated heterocycles. The minimum atomic E-state index is -1.10. The number of carbonyl (C=O) groups is 2. The number of carbonyl (C=O) groups excluding carboxylic acids is 2. The van der Waals surface area contributed by atoms with Crippen molar-refractivity contribution in [1.82, 2.24) is 10.6 Å². The zero-order chi connectivity index (χ0) is 21.1. The Morgan fingerprint density at radius 3 is 2.66 bits per heavy atom. The number of halogens is 2. The van der Waals surface area contributed by atoms with Crippen molar-refractivity contribution in [1.29, 1.82) is 0 Å². The van der Waals surface area contributed by atoms with Gasteiger partial charge >= 0.3 is 6.03 Å². The first-order chi connectivity index (χ1) is 13.8. The predicted octanol–water partition coefficient (Wildman–Crippen LogP) is 3.34. The Morgan fingerprint density at radius 1 is 1.21 bits per heavy atom. The second-order valence-corrected chi connectivity index (χ2v) is 6.31. The van der Waals surface area contributed by atoms with E-state index in [1.807, 2.05) is 0 Å². The quantitative estimate of drug-likeness (QED) is 0.615. The second-order valence-electron chi connectivity index (χ2n) is 6.31. The molecular formula is C20H19F2N3O4. The number of amides is 3. The molecule has 152 valence electrons. The van der Waals surface area contributed by atoms with Gasteiger partial charge in [-0.05, 0) is 43.7 Å². The third-order valence-electron chi connectivity index (χ3n) is 4.31. The van der Waals surface area contributed by atoms with E-state index < -0.39 is 29.6 Å². The lowest BCUT2D eigenvalue weighted by Gasteiger charge is -2.29. The van der Waals surface area contributed by atoms with Gasteiger partial charge in [0.15, 0.2) is 23.1 Å². The van der Waals surface area contributed by atoms with Crippen molar-refractivity contribution in [3.8, 4) is 11.5 Å². The largest absolute Gasteiger partial charge is 0.504 e. The van der Waals surface area contributed by atoms with Gasteiger partial charge in [-0.1, -0.05) is 6.07 Å². The molecule has 1 atom stereocenters. The van der Waals surface area contributed by atoms with Crippen LogP contribution >= 0.6 is 0 Å². The Bertz CT molecular complexity index is 1010. The molecule has 1 heterocycles. The van der Waals surface area contributed by atoms with E-state index in [-0.39, 0.29) is 22.8 Å². The van der Waals surface area contributed by atoms with E-state index in [2.05, 4.69) is 16.0 Å². The van der Waals surface area contributed by atoms with Crippen LogP contribution in [0.25, 0.3) is 0 Å². The van der Waals surface area contributed by atoms with Gasteiger partial charge in [-0.25, -0.2) is 13.6 Å². The topological polar surface area (TPSA) is 99.7 Å². The lowest BCUT2D eigenvalue weighted by Crippen LogP contribution is -2.46. The number of allylic oxidation sites excluding steroid dienone is 1. The number of benzene rings is 2. The molecule has 0 bridgehead atoms. The van der Waals surface area contributed by atoms with Crippen molar-refractivity contribution in [2.24, 2.45) is 0 Å². The highest BCUT2D eigenvalue weighted by molar-refractivity contribution is 6.06. The Morgan fingerprint density at radius 2 is 1.97 bits per heavy atom. The van der Waals surface area contributed by atoms with Gasteiger partial charge in [0.05, 0.1) is 18.2 Å². The fraction of sp³-hybridized carbons (Fsp3) is 0.200. The summed E-state index contributed by atoms with van der Waals surface area (Å²) in [5.41, 5.74) is 1.02. The van der Waals surface area contributed by atoms with Gasteiger partial charge < -0.3 is 25.8 Å². The molecule has 1 aliphatic rings. The van der Waals surface area contributed by atoms with Crippen molar-refractivity contribution >= 4 is 17.6 Å². The van der Waals surface area contributed by atoms with Gasteiger partial charge in [-0.2, -0.15) is 0 Å². The third kappa shape index (κ3) is 4.29. The number of aromatic hydroxyl groups is 1. The van der Waals surface area contributed by atoms with Gasteiger partial charge in [-0.15, -0.1) is 0 Å². The second kappa shape index (κ2) is 8.17. The van der Waals surface area contributed by atoms with E-state index in [0.717, 1.165) is 12.1 Å². The van der Waals surface area contributed by atoms with Crippen LogP contribution in [0.15, 0.2) is 47.7 Å². The normalized spacial score (nSPS) is 16.1.